The quantitative estimate of drug-likeness (QED) is 0.289. The molecule has 0 heterocycles. The fourth-order valence-electron chi connectivity index (χ4n) is 2.32. The standard InChI is InChI=1S/C19H23O4P.Li.H/c1-4-5-11-23-24(15-9-7-6-8-10-15)16-12-18(21-2)17(14-20)19(13-16)22-3;;/h6-10,12-14H,4-5,11H2,1-3H3;;/q;+1;-1. The van der Waals surface area contributed by atoms with Crippen LogP contribution < -0.4 is 38.9 Å². The van der Waals surface area contributed by atoms with E-state index in [1.807, 2.05) is 30.3 Å². The van der Waals surface area contributed by atoms with Crippen LogP contribution in [0.15, 0.2) is 42.5 Å². The molecule has 0 aliphatic carbocycles. The summed E-state index contributed by atoms with van der Waals surface area (Å²) in [4.78, 5) is 11.3. The van der Waals surface area contributed by atoms with E-state index >= 15 is 0 Å². The Hall–Kier alpha value is -1.30. The van der Waals surface area contributed by atoms with Crippen molar-refractivity contribution in [1.29, 1.82) is 0 Å². The van der Waals surface area contributed by atoms with Crippen LogP contribution in [0.2, 0.25) is 0 Å². The molecule has 6 heteroatoms. The largest absolute Gasteiger partial charge is 1.00 e. The summed E-state index contributed by atoms with van der Waals surface area (Å²) in [6.07, 6.45) is 2.84. The maximum Gasteiger partial charge on any atom is 1.00 e. The number of carbonyl (C=O) groups is 1. The van der Waals surface area contributed by atoms with Crippen LogP contribution in [0.4, 0.5) is 0 Å². The molecule has 0 N–H and O–H groups in total. The van der Waals surface area contributed by atoms with Gasteiger partial charge in [-0.2, -0.15) is 0 Å². The fraction of sp³-hybridized carbons (Fsp3) is 0.316. The first kappa shape index (κ1) is 21.7. The topological polar surface area (TPSA) is 44.8 Å². The molecule has 0 radical (unpaired) electrons. The third-order valence-corrected chi connectivity index (χ3v) is 5.53. The first-order valence-electron chi connectivity index (χ1n) is 7.94. The van der Waals surface area contributed by atoms with E-state index < -0.39 is 8.15 Å². The Bertz CT molecular complexity index is 645. The van der Waals surface area contributed by atoms with Crippen LogP contribution in [0.25, 0.3) is 0 Å². The molecule has 1 unspecified atom stereocenters. The minimum absolute atomic E-state index is 0. The maximum absolute atomic E-state index is 11.3. The van der Waals surface area contributed by atoms with Gasteiger partial charge in [-0.25, -0.2) is 0 Å². The van der Waals surface area contributed by atoms with Crippen molar-refractivity contribution >= 4 is 25.0 Å². The molecule has 25 heavy (non-hydrogen) atoms. The summed E-state index contributed by atoms with van der Waals surface area (Å²) < 4.78 is 16.9. The molecule has 0 aliphatic heterocycles. The first-order chi connectivity index (χ1) is 11.7. The second kappa shape index (κ2) is 11.3. The van der Waals surface area contributed by atoms with Crippen LogP contribution in [0.1, 0.15) is 31.6 Å². The average Bonchev–Trinajstić information content (AvgIpc) is 2.64. The van der Waals surface area contributed by atoms with Gasteiger partial charge in [0.15, 0.2) is 6.29 Å². The van der Waals surface area contributed by atoms with Crippen LogP contribution >= 0.6 is 8.15 Å². The van der Waals surface area contributed by atoms with Gasteiger partial charge in [-0.05, 0) is 18.6 Å². The number of aldehydes is 1. The SMILES string of the molecule is CCCCOP(c1ccccc1)c1cc(OC)c(C=O)c(OC)c1.[H-].[Li+]. The van der Waals surface area contributed by atoms with Gasteiger partial charge in [0, 0.05) is 10.6 Å². The molecule has 0 aromatic heterocycles. The van der Waals surface area contributed by atoms with Gasteiger partial charge in [0.1, 0.15) is 11.5 Å². The van der Waals surface area contributed by atoms with Crippen molar-refractivity contribution in [2.24, 2.45) is 0 Å². The summed E-state index contributed by atoms with van der Waals surface area (Å²) in [6.45, 7) is 2.83. The number of hydrogen-bond acceptors (Lipinski definition) is 4. The van der Waals surface area contributed by atoms with Gasteiger partial charge in [0.25, 0.3) is 0 Å². The summed E-state index contributed by atoms with van der Waals surface area (Å²) in [5.41, 5.74) is 0.417. The molecule has 2 aromatic rings. The molecule has 0 fully saturated rings. The van der Waals surface area contributed by atoms with Gasteiger partial charge in [-0.1, -0.05) is 43.7 Å². The average molecular weight is 354 g/mol. The van der Waals surface area contributed by atoms with Gasteiger partial charge in [-0.3, -0.25) is 4.79 Å². The van der Waals surface area contributed by atoms with Gasteiger partial charge < -0.3 is 15.4 Å². The second-order valence-electron chi connectivity index (χ2n) is 5.20. The zero-order valence-electron chi connectivity index (χ0n) is 16.3. The molecule has 0 aliphatic rings. The Morgan fingerprint density at radius 3 is 2.12 bits per heavy atom. The predicted octanol–water partition coefficient (Wildman–Crippen LogP) is 0.797. The Morgan fingerprint density at radius 1 is 1.04 bits per heavy atom. The van der Waals surface area contributed by atoms with Crippen molar-refractivity contribution in [1.82, 2.24) is 0 Å². The van der Waals surface area contributed by atoms with E-state index in [1.165, 1.54) is 0 Å². The second-order valence-corrected chi connectivity index (χ2v) is 7.08. The Kier molecular flexibility index (Phi) is 9.86. The van der Waals surface area contributed by atoms with E-state index in [2.05, 4.69) is 19.1 Å². The number of ether oxygens (including phenoxy) is 2. The van der Waals surface area contributed by atoms with Crippen LogP contribution in [0, 0.1) is 0 Å². The number of rotatable bonds is 9. The molecule has 4 nitrogen and oxygen atoms in total. The van der Waals surface area contributed by atoms with E-state index in [1.54, 1.807) is 14.2 Å². The summed E-state index contributed by atoms with van der Waals surface area (Å²) in [5.74, 6) is 1.00. The van der Waals surface area contributed by atoms with Crippen molar-refractivity contribution in [3.63, 3.8) is 0 Å². The van der Waals surface area contributed by atoms with Crippen LogP contribution in [0.5, 0.6) is 11.5 Å². The molecule has 0 saturated carbocycles. The molecule has 1 atom stereocenters. The number of benzene rings is 2. The minimum Gasteiger partial charge on any atom is -1.00 e. The predicted molar refractivity (Wildman–Crippen MR) is 99.5 cm³/mol. The van der Waals surface area contributed by atoms with Crippen molar-refractivity contribution in [2.75, 3.05) is 20.8 Å². The van der Waals surface area contributed by atoms with Crippen LogP contribution in [0.3, 0.4) is 0 Å². The summed E-state index contributed by atoms with van der Waals surface area (Å²) in [7, 11) is 2.10. The van der Waals surface area contributed by atoms with Crippen LogP contribution in [-0.2, 0) is 4.52 Å². The smallest absolute Gasteiger partial charge is 1.00 e. The van der Waals surface area contributed by atoms with Crippen molar-refractivity contribution < 1.29 is 39.1 Å². The van der Waals surface area contributed by atoms with E-state index in [4.69, 9.17) is 14.0 Å². The molecular formula is C19H24LiO4P. The van der Waals surface area contributed by atoms with Crippen LogP contribution in [-0.4, -0.2) is 27.1 Å². The Labute approximate surface area is 164 Å². The third kappa shape index (κ3) is 5.59. The zero-order valence-corrected chi connectivity index (χ0v) is 16.2. The molecule has 130 valence electrons. The summed E-state index contributed by atoms with van der Waals surface area (Å²) in [5, 5.41) is 2.08. The van der Waals surface area contributed by atoms with Crippen molar-refractivity contribution in [3.8, 4) is 11.5 Å². The Balaban J connectivity index is 0.00000312. The van der Waals surface area contributed by atoms with Gasteiger partial charge in [0.2, 0.25) is 0 Å². The molecule has 0 bridgehead atoms. The maximum atomic E-state index is 11.3. The van der Waals surface area contributed by atoms with E-state index in [-0.39, 0.29) is 20.3 Å². The number of unbranched alkanes of at least 4 members (excludes halogenated alkanes) is 1. The first-order valence-corrected chi connectivity index (χ1v) is 9.20. The number of methoxy groups -OCH3 is 2. The summed E-state index contributed by atoms with van der Waals surface area (Å²) >= 11 is 0. The van der Waals surface area contributed by atoms with Gasteiger partial charge in [-0.15, -0.1) is 0 Å². The number of carbonyl (C=O) groups excluding carboxylic acids is 1. The molecule has 0 spiro atoms. The Morgan fingerprint density at radius 2 is 1.64 bits per heavy atom. The van der Waals surface area contributed by atoms with Gasteiger partial charge >= 0.3 is 18.9 Å². The molecular weight excluding hydrogens is 330 g/mol. The number of hydrogen-bond donors (Lipinski definition) is 0. The zero-order chi connectivity index (χ0) is 17.4. The van der Waals surface area contributed by atoms with Gasteiger partial charge in [0.05, 0.1) is 34.5 Å². The fourth-order valence-corrected chi connectivity index (χ4v) is 4.14. The third-order valence-electron chi connectivity index (χ3n) is 3.59. The summed E-state index contributed by atoms with van der Waals surface area (Å²) in [6, 6.07) is 13.9. The van der Waals surface area contributed by atoms with E-state index in [0.29, 0.717) is 23.7 Å². The monoisotopic (exact) mass is 354 g/mol. The van der Waals surface area contributed by atoms with Crippen molar-refractivity contribution in [3.05, 3.63) is 48.0 Å². The van der Waals surface area contributed by atoms with Crippen molar-refractivity contribution in [2.45, 2.75) is 19.8 Å². The molecule has 0 saturated heterocycles. The van der Waals surface area contributed by atoms with E-state index in [9.17, 15) is 4.79 Å². The molecule has 2 aromatic carbocycles. The molecule has 2 rings (SSSR count). The van der Waals surface area contributed by atoms with E-state index in [0.717, 1.165) is 29.7 Å². The minimum atomic E-state index is -1.000. The normalized spacial score (nSPS) is 11.3. The molecule has 0 amide bonds.